The molecular weight excluding hydrogens is 208 g/mol. The van der Waals surface area contributed by atoms with Gasteiger partial charge in [-0.3, -0.25) is 0 Å². The molecule has 0 N–H and O–H groups in total. The summed E-state index contributed by atoms with van der Waals surface area (Å²) in [5, 5.41) is 1.01. The lowest BCUT2D eigenvalue weighted by atomic mass is 10.2. The van der Waals surface area contributed by atoms with Gasteiger partial charge < -0.3 is 4.74 Å². The Hall–Kier alpha value is -1.79. The summed E-state index contributed by atoms with van der Waals surface area (Å²) in [6.45, 7) is 0. The molecule has 0 aliphatic heterocycles. The van der Waals surface area contributed by atoms with Crippen LogP contribution in [0.1, 0.15) is 15.2 Å². The van der Waals surface area contributed by atoms with Crippen LogP contribution in [0.2, 0.25) is 0 Å². The predicted octanol–water partition coefficient (Wildman–Crippen LogP) is 2.67. The van der Waals surface area contributed by atoms with Crippen molar-refractivity contribution in [2.75, 3.05) is 7.11 Å². The fraction of sp³-hybridized carbons (Fsp3) is 0.0833. The van der Waals surface area contributed by atoms with Crippen LogP contribution in [-0.4, -0.2) is 13.1 Å². The molecule has 0 spiro atoms. The fourth-order valence-electron chi connectivity index (χ4n) is 1.32. The molecule has 0 aliphatic rings. The van der Waals surface area contributed by atoms with Gasteiger partial charge >= 0.3 is 5.97 Å². The van der Waals surface area contributed by atoms with Crippen LogP contribution in [0.3, 0.4) is 0 Å². The average Bonchev–Trinajstić information content (AvgIpc) is 2.70. The van der Waals surface area contributed by atoms with E-state index in [1.807, 2.05) is 24.3 Å². The summed E-state index contributed by atoms with van der Waals surface area (Å²) in [5.41, 5.74) is 0.820. The second-order valence-corrected chi connectivity index (χ2v) is 4.08. The second kappa shape index (κ2) is 3.76. The number of ether oxygens (including phenoxy) is 1. The molecule has 0 unspecified atom stereocenters. The summed E-state index contributed by atoms with van der Waals surface area (Å²) >= 11 is 1.39. The van der Waals surface area contributed by atoms with Crippen molar-refractivity contribution in [3.8, 4) is 12.3 Å². The minimum Gasteiger partial charge on any atom is -0.465 e. The van der Waals surface area contributed by atoms with E-state index in [4.69, 9.17) is 6.42 Å². The molecule has 2 rings (SSSR count). The fourth-order valence-corrected chi connectivity index (χ4v) is 2.34. The third-order valence-electron chi connectivity index (χ3n) is 2.07. The topological polar surface area (TPSA) is 26.3 Å². The first kappa shape index (κ1) is 9.75. The minimum atomic E-state index is -0.307. The predicted molar refractivity (Wildman–Crippen MR) is 61.1 cm³/mol. The molecule has 0 bridgehead atoms. The SMILES string of the molecule is C#Cc1ccc2cc(C(=O)OC)sc2c1. The van der Waals surface area contributed by atoms with Crippen molar-refractivity contribution in [1.29, 1.82) is 0 Å². The third kappa shape index (κ3) is 1.72. The number of rotatable bonds is 1. The van der Waals surface area contributed by atoms with E-state index >= 15 is 0 Å². The number of hydrogen-bond acceptors (Lipinski definition) is 3. The van der Waals surface area contributed by atoms with Crippen LogP contribution in [0.25, 0.3) is 10.1 Å². The van der Waals surface area contributed by atoms with Crippen molar-refractivity contribution in [3.63, 3.8) is 0 Å². The molecule has 3 heteroatoms. The summed E-state index contributed by atoms with van der Waals surface area (Å²) in [6.07, 6.45) is 5.30. The minimum absolute atomic E-state index is 0.307. The van der Waals surface area contributed by atoms with Crippen molar-refractivity contribution < 1.29 is 9.53 Å². The van der Waals surface area contributed by atoms with Gasteiger partial charge in [-0.05, 0) is 23.6 Å². The van der Waals surface area contributed by atoms with E-state index in [9.17, 15) is 4.79 Å². The maximum Gasteiger partial charge on any atom is 0.348 e. The first-order valence-electron chi connectivity index (χ1n) is 4.33. The summed E-state index contributed by atoms with van der Waals surface area (Å²) in [4.78, 5) is 11.9. The van der Waals surface area contributed by atoms with E-state index in [1.54, 1.807) is 0 Å². The van der Waals surface area contributed by atoms with Crippen molar-refractivity contribution in [2.45, 2.75) is 0 Å². The Labute approximate surface area is 91.5 Å². The molecule has 0 saturated carbocycles. The lowest BCUT2D eigenvalue weighted by Gasteiger charge is -1.90. The monoisotopic (exact) mass is 216 g/mol. The van der Waals surface area contributed by atoms with Crippen LogP contribution in [0.15, 0.2) is 24.3 Å². The normalized spacial score (nSPS) is 9.87. The summed E-state index contributed by atoms with van der Waals surface area (Å²) in [5.74, 6) is 2.26. The van der Waals surface area contributed by atoms with E-state index in [0.717, 1.165) is 15.6 Å². The zero-order chi connectivity index (χ0) is 10.8. The Kier molecular flexibility index (Phi) is 2.44. The molecule has 74 valence electrons. The lowest BCUT2D eigenvalue weighted by molar-refractivity contribution is 0.0606. The summed E-state index contributed by atoms with van der Waals surface area (Å²) in [7, 11) is 1.37. The Morgan fingerprint density at radius 1 is 1.47 bits per heavy atom. The molecule has 1 aromatic carbocycles. The molecule has 0 atom stereocenters. The molecule has 0 aliphatic carbocycles. The van der Waals surface area contributed by atoms with Crippen molar-refractivity contribution in [1.82, 2.24) is 0 Å². The van der Waals surface area contributed by atoms with Gasteiger partial charge in [0.25, 0.3) is 0 Å². The first-order chi connectivity index (χ1) is 7.24. The number of carbonyl (C=O) groups is 1. The molecule has 0 radical (unpaired) electrons. The first-order valence-corrected chi connectivity index (χ1v) is 5.15. The van der Waals surface area contributed by atoms with Gasteiger partial charge in [0.05, 0.1) is 7.11 Å². The van der Waals surface area contributed by atoms with Crippen molar-refractivity contribution in [3.05, 3.63) is 34.7 Å². The van der Waals surface area contributed by atoms with Crippen molar-refractivity contribution >= 4 is 27.4 Å². The second-order valence-electron chi connectivity index (χ2n) is 3.00. The molecule has 1 heterocycles. The van der Waals surface area contributed by atoms with Crippen LogP contribution >= 0.6 is 11.3 Å². The van der Waals surface area contributed by atoms with E-state index in [-0.39, 0.29) is 5.97 Å². The van der Waals surface area contributed by atoms with Gasteiger partial charge in [-0.1, -0.05) is 12.0 Å². The zero-order valence-corrected chi connectivity index (χ0v) is 8.93. The van der Waals surface area contributed by atoms with Crippen LogP contribution in [-0.2, 0) is 4.74 Å². The molecule has 0 fully saturated rings. The number of esters is 1. The van der Waals surface area contributed by atoms with Gasteiger partial charge in [0.1, 0.15) is 4.88 Å². The lowest BCUT2D eigenvalue weighted by Crippen LogP contribution is -1.96. The van der Waals surface area contributed by atoms with Crippen LogP contribution in [0.5, 0.6) is 0 Å². The van der Waals surface area contributed by atoms with E-state index in [1.165, 1.54) is 18.4 Å². The molecule has 0 amide bonds. The highest BCUT2D eigenvalue weighted by atomic mass is 32.1. The van der Waals surface area contributed by atoms with E-state index < -0.39 is 0 Å². The maximum atomic E-state index is 11.3. The standard InChI is InChI=1S/C12H8O2S/c1-3-8-4-5-9-7-11(12(13)14-2)15-10(9)6-8/h1,4-7H,2H3. The molecule has 15 heavy (non-hydrogen) atoms. The highest BCUT2D eigenvalue weighted by molar-refractivity contribution is 7.20. The average molecular weight is 216 g/mol. The smallest absolute Gasteiger partial charge is 0.348 e. The van der Waals surface area contributed by atoms with Gasteiger partial charge in [-0.2, -0.15) is 0 Å². The number of thiophene rings is 1. The van der Waals surface area contributed by atoms with Gasteiger partial charge in [-0.15, -0.1) is 17.8 Å². The van der Waals surface area contributed by atoms with Crippen LogP contribution in [0, 0.1) is 12.3 Å². The van der Waals surface area contributed by atoms with E-state index in [2.05, 4.69) is 10.7 Å². The summed E-state index contributed by atoms with van der Waals surface area (Å²) < 4.78 is 5.66. The maximum absolute atomic E-state index is 11.3. The quantitative estimate of drug-likeness (QED) is 0.541. The number of terminal acetylenes is 1. The van der Waals surface area contributed by atoms with Gasteiger partial charge in [0.15, 0.2) is 0 Å². The number of carbonyl (C=O) groups excluding carboxylic acids is 1. The Balaban J connectivity index is 2.57. The number of methoxy groups -OCH3 is 1. The highest BCUT2D eigenvalue weighted by Crippen LogP contribution is 2.26. The number of fused-ring (bicyclic) bond motifs is 1. The molecule has 2 aromatic rings. The van der Waals surface area contributed by atoms with Gasteiger partial charge in [0, 0.05) is 10.3 Å². The number of benzene rings is 1. The molecule has 0 saturated heterocycles. The Morgan fingerprint density at radius 3 is 2.93 bits per heavy atom. The van der Waals surface area contributed by atoms with Crippen molar-refractivity contribution in [2.24, 2.45) is 0 Å². The molecule has 1 aromatic heterocycles. The molecular formula is C12H8O2S. The van der Waals surface area contributed by atoms with Gasteiger partial charge in [0.2, 0.25) is 0 Å². The van der Waals surface area contributed by atoms with E-state index in [0.29, 0.717) is 4.88 Å². The van der Waals surface area contributed by atoms with Gasteiger partial charge in [-0.25, -0.2) is 4.79 Å². The molecule has 2 nitrogen and oxygen atoms in total. The third-order valence-corrected chi connectivity index (χ3v) is 3.15. The Morgan fingerprint density at radius 2 is 2.27 bits per heavy atom. The summed E-state index contributed by atoms with van der Waals surface area (Å²) in [6, 6.07) is 7.47. The number of hydrogen-bond donors (Lipinski definition) is 0. The van der Waals surface area contributed by atoms with Crippen LogP contribution < -0.4 is 0 Å². The largest absolute Gasteiger partial charge is 0.465 e. The van der Waals surface area contributed by atoms with Crippen LogP contribution in [0.4, 0.5) is 0 Å². The zero-order valence-electron chi connectivity index (χ0n) is 8.11. The highest BCUT2D eigenvalue weighted by Gasteiger charge is 2.09. The Bertz CT molecular complexity index is 560.